The molecule has 0 radical (unpaired) electrons. The summed E-state index contributed by atoms with van der Waals surface area (Å²) in [6.45, 7) is 0. The van der Waals surface area contributed by atoms with E-state index in [1.165, 1.54) is 0 Å². The molecule has 21 heavy (non-hydrogen) atoms. The van der Waals surface area contributed by atoms with Crippen LogP contribution >= 0.6 is 11.8 Å². The predicted octanol–water partition coefficient (Wildman–Crippen LogP) is 0.981. The van der Waals surface area contributed by atoms with Crippen molar-refractivity contribution in [3.05, 3.63) is 28.3 Å². The number of nitro benzene ring substituents is 1. The number of imide groups is 1. The highest BCUT2D eigenvalue weighted by molar-refractivity contribution is 8.15. The minimum absolute atomic E-state index is 0.135. The number of phenolic OH excluding ortho intramolecular Hbond substituents is 1. The van der Waals surface area contributed by atoms with E-state index in [9.17, 15) is 29.6 Å². The van der Waals surface area contributed by atoms with Gasteiger partial charge in [0.2, 0.25) is 11.8 Å². The van der Waals surface area contributed by atoms with E-state index in [2.05, 4.69) is 5.32 Å². The van der Waals surface area contributed by atoms with E-state index in [1.54, 1.807) is 0 Å². The Labute approximate surface area is 121 Å². The minimum Gasteiger partial charge on any atom is -0.506 e. The number of rotatable bonds is 4. The number of nitrogens with zero attached hydrogens (tertiary/aromatic N) is 1. The first-order valence-corrected chi connectivity index (χ1v) is 6.53. The first-order valence-electron chi connectivity index (χ1n) is 5.65. The number of benzene rings is 1. The number of anilines is 1. The molecule has 0 saturated carbocycles. The van der Waals surface area contributed by atoms with Gasteiger partial charge in [0.1, 0.15) is 11.0 Å². The Morgan fingerprint density at radius 3 is 2.76 bits per heavy atom. The molecule has 0 bridgehead atoms. The van der Waals surface area contributed by atoms with Crippen molar-refractivity contribution >= 4 is 40.2 Å². The molecule has 1 aliphatic rings. The molecular weight excluding hydrogens is 302 g/mol. The monoisotopic (exact) mass is 311 g/mol. The van der Waals surface area contributed by atoms with Gasteiger partial charge in [0, 0.05) is 18.6 Å². The molecule has 1 atom stereocenters. The Morgan fingerprint density at radius 2 is 2.19 bits per heavy atom. The van der Waals surface area contributed by atoms with Crippen molar-refractivity contribution in [1.82, 2.24) is 5.32 Å². The summed E-state index contributed by atoms with van der Waals surface area (Å²) in [6, 6.07) is 3.17. The van der Waals surface area contributed by atoms with Crippen LogP contribution in [-0.2, 0) is 9.59 Å². The van der Waals surface area contributed by atoms with Crippen LogP contribution in [0.3, 0.4) is 0 Å². The molecule has 110 valence electrons. The van der Waals surface area contributed by atoms with E-state index in [-0.39, 0.29) is 23.5 Å². The normalized spacial score (nSPS) is 17.4. The van der Waals surface area contributed by atoms with Crippen LogP contribution in [0.5, 0.6) is 5.75 Å². The zero-order chi connectivity index (χ0) is 15.6. The number of carbonyl (C=O) groups excluding carboxylic acids is 3. The van der Waals surface area contributed by atoms with Gasteiger partial charge >= 0.3 is 0 Å². The second-order valence-electron chi connectivity index (χ2n) is 4.09. The van der Waals surface area contributed by atoms with Crippen molar-refractivity contribution in [1.29, 1.82) is 0 Å². The lowest BCUT2D eigenvalue weighted by atomic mass is 10.2. The molecule has 1 heterocycles. The van der Waals surface area contributed by atoms with Crippen LogP contribution < -0.4 is 10.6 Å². The number of amides is 3. The van der Waals surface area contributed by atoms with E-state index >= 15 is 0 Å². The first kappa shape index (κ1) is 14.8. The predicted molar refractivity (Wildman–Crippen MR) is 72.9 cm³/mol. The molecule has 3 amide bonds. The molecule has 0 aliphatic carbocycles. The summed E-state index contributed by atoms with van der Waals surface area (Å²) < 4.78 is 0. The van der Waals surface area contributed by atoms with Crippen LogP contribution in [0, 0.1) is 10.1 Å². The summed E-state index contributed by atoms with van der Waals surface area (Å²) in [4.78, 5) is 44.0. The summed E-state index contributed by atoms with van der Waals surface area (Å²) in [7, 11) is 0. The first-order chi connectivity index (χ1) is 9.86. The smallest absolute Gasteiger partial charge is 0.286 e. The Morgan fingerprint density at radius 1 is 1.48 bits per heavy atom. The van der Waals surface area contributed by atoms with Crippen molar-refractivity contribution in [3.63, 3.8) is 0 Å². The Hall–Kier alpha value is -2.62. The number of carbonyl (C=O) groups is 3. The highest BCUT2D eigenvalue weighted by Gasteiger charge is 2.33. The van der Waals surface area contributed by atoms with Crippen LogP contribution in [0.4, 0.5) is 16.2 Å². The molecular formula is C11H9N3O6S. The van der Waals surface area contributed by atoms with Gasteiger partial charge in [-0.1, -0.05) is 11.8 Å². The lowest BCUT2D eigenvalue weighted by Gasteiger charge is -2.08. The average molecular weight is 311 g/mol. The topological polar surface area (TPSA) is 139 Å². The lowest BCUT2D eigenvalue weighted by molar-refractivity contribution is -0.384. The number of aromatic hydroxyl groups is 1. The Bertz CT molecular complexity index is 647. The second kappa shape index (κ2) is 5.79. The fourth-order valence-corrected chi connectivity index (χ4v) is 2.45. The van der Waals surface area contributed by atoms with Crippen molar-refractivity contribution in [2.45, 2.75) is 11.7 Å². The largest absolute Gasteiger partial charge is 0.506 e. The molecule has 1 fully saturated rings. The van der Waals surface area contributed by atoms with E-state index in [0.717, 1.165) is 18.2 Å². The molecule has 1 aromatic rings. The van der Waals surface area contributed by atoms with E-state index < -0.39 is 27.2 Å². The molecule has 1 aliphatic heterocycles. The maximum absolute atomic E-state index is 11.8. The van der Waals surface area contributed by atoms with Gasteiger partial charge in [0.15, 0.2) is 0 Å². The number of hydrogen-bond donors (Lipinski definition) is 3. The standard InChI is InChI=1S/C11H9N3O6S/c15-7-2-1-5(14(19)20)3-6(7)12-9(16)4-8-10(17)13-11(18)21-8/h1-3,8,15H,4H2,(H,12,16)(H,13,17,18). The van der Waals surface area contributed by atoms with Crippen molar-refractivity contribution < 1.29 is 24.4 Å². The molecule has 1 saturated heterocycles. The fourth-order valence-electron chi connectivity index (χ4n) is 1.63. The quantitative estimate of drug-likeness (QED) is 0.428. The molecule has 0 spiro atoms. The lowest BCUT2D eigenvalue weighted by Crippen LogP contribution is -2.27. The summed E-state index contributed by atoms with van der Waals surface area (Å²) >= 11 is 0.694. The molecule has 1 unspecified atom stereocenters. The Kier molecular flexibility index (Phi) is 4.08. The van der Waals surface area contributed by atoms with Gasteiger partial charge in [-0.15, -0.1) is 0 Å². The number of hydrogen-bond acceptors (Lipinski definition) is 7. The summed E-state index contributed by atoms with van der Waals surface area (Å²) in [6.07, 6.45) is -0.287. The number of nitro groups is 1. The van der Waals surface area contributed by atoms with Gasteiger partial charge < -0.3 is 10.4 Å². The molecule has 10 heteroatoms. The van der Waals surface area contributed by atoms with Gasteiger partial charge in [-0.3, -0.25) is 29.8 Å². The highest BCUT2D eigenvalue weighted by Crippen LogP contribution is 2.29. The highest BCUT2D eigenvalue weighted by atomic mass is 32.2. The van der Waals surface area contributed by atoms with Crippen LogP contribution in [0.2, 0.25) is 0 Å². The molecule has 2 rings (SSSR count). The SMILES string of the molecule is O=C(CC1SC(=O)NC1=O)Nc1cc([N+](=O)[O-])ccc1O. The summed E-state index contributed by atoms with van der Waals surface area (Å²) in [5.74, 6) is -1.55. The van der Waals surface area contributed by atoms with E-state index in [1.807, 2.05) is 5.32 Å². The van der Waals surface area contributed by atoms with Gasteiger partial charge in [0.05, 0.1) is 10.6 Å². The second-order valence-corrected chi connectivity index (χ2v) is 5.27. The summed E-state index contributed by atoms with van der Waals surface area (Å²) in [5, 5.41) is 23.1. The van der Waals surface area contributed by atoms with Gasteiger partial charge in [-0.05, 0) is 6.07 Å². The number of nitrogens with one attached hydrogen (secondary N) is 2. The number of thioether (sulfide) groups is 1. The Balaban J connectivity index is 2.06. The zero-order valence-electron chi connectivity index (χ0n) is 10.4. The third-order valence-electron chi connectivity index (χ3n) is 2.60. The maximum Gasteiger partial charge on any atom is 0.286 e. The van der Waals surface area contributed by atoms with Crippen molar-refractivity contribution in [2.24, 2.45) is 0 Å². The van der Waals surface area contributed by atoms with Gasteiger partial charge in [-0.2, -0.15) is 0 Å². The molecule has 9 nitrogen and oxygen atoms in total. The van der Waals surface area contributed by atoms with Crippen molar-refractivity contribution in [3.8, 4) is 5.75 Å². The fraction of sp³-hybridized carbons (Fsp3) is 0.182. The third kappa shape index (κ3) is 3.48. The zero-order valence-corrected chi connectivity index (χ0v) is 11.2. The molecule has 3 N–H and O–H groups in total. The minimum atomic E-state index is -0.849. The van der Waals surface area contributed by atoms with Gasteiger partial charge in [-0.25, -0.2) is 0 Å². The van der Waals surface area contributed by atoms with Crippen LogP contribution in [0.25, 0.3) is 0 Å². The molecule has 1 aromatic carbocycles. The maximum atomic E-state index is 11.8. The molecule has 0 aromatic heterocycles. The van der Waals surface area contributed by atoms with Crippen molar-refractivity contribution in [2.75, 3.05) is 5.32 Å². The third-order valence-corrected chi connectivity index (χ3v) is 3.58. The average Bonchev–Trinajstić information content (AvgIpc) is 2.70. The van der Waals surface area contributed by atoms with Gasteiger partial charge in [0.25, 0.3) is 10.9 Å². The van der Waals surface area contributed by atoms with Crippen LogP contribution in [0.15, 0.2) is 18.2 Å². The number of non-ortho nitro benzene ring substituents is 1. The van der Waals surface area contributed by atoms with E-state index in [0.29, 0.717) is 11.8 Å². The number of phenols is 1. The summed E-state index contributed by atoms with van der Waals surface area (Å²) in [5.41, 5.74) is -0.435. The van der Waals surface area contributed by atoms with Crippen LogP contribution in [-0.4, -0.2) is 32.3 Å². The van der Waals surface area contributed by atoms with E-state index in [4.69, 9.17) is 0 Å². The van der Waals surface area contributed by atoms with Crippen LogP contribution in [0.1, 0.15) is 6.42 Å².